The number of phenols is 1. The van der Waals surface area contributed by atoms with E-state index in [1.54, 1.807) is 6.07 Å². The maximum absolute atomic E-state index is 9.46. The van der Waals surface area contributed by atoms with Crippen molar-refractivity contribution in [1.29, 1.82) is 0 Å². The van der Waals surface area contributed by atoms with Gasteiger partial charge in [0.1, 0.15) is 5.75 Å². The van der Waals surface area contributed by atoms with E-state index in [1.165, 1.54) is 0 Å². The predicted octanol–water partition coefficient (Wildman–Crippen LogP) is 2.70. The van der Waals surface area contributed by atoms with E-state index >= 15 is 0 Å². The minimum absolute atomic E-state index is 0. The quantitative estimate of drug-likeness (QED) is 0.743. The summed E-state index contributed by atoms with van der Waals surface area (Å²) in [4.78, 5) is 0. The van der Waals surface area contributed by atoms with Crippen molar-refractivity contribution in [2.24, 2.45) is 0 Å². The van der Waals surface area contributed by atoms with Gasteiger partial charge >= 0.3 is 19.5 Å². The first-order valence-corrected chi connectivity index (χ1v) is 3.91. The van der Waals surface area contributed by atoms with E-state index in [4.69, 9.17) is 0 Å². The molecule has 3 heteroatoms. The molecule has 0 unspecified atom stereocenters. The van der Waals surface area contributed by atoms with Gasteiger partial charge in [-0.2, -0.15) is 0 Å². The van der Waals surface area contributed by atoms with Crippen LogP contribution in [0, 0.1) is 6.92 Å². The van der Waals surface area contributed by atoms with Gasteiger partial charge in [0.25, 0.3) is 0 Å². The van der Waals surface area contributed by atoms with Crippen LogP contribution in [0.3, 0.4) is 0 Å². The van der Waals surface area contributed by atoms with Crippen molar-refractivity contribution < 1.29 is 30.1 Å². The molecule has 1 aromatic rings. The minimum Gasteiger partial charge on any atom is -2.00 e. The summed E-state index contributed by atoms with van der Waals surface area (Å²) in [6.07, 6.45) is 0. The molecular formula is C10H14O2Zn. The van der Waals surface area contributed by atoms with Gasteiger partial charge in [-0.05, 0) is 30.0 Å². The summed E-state index contributed by atoms with van der Waals surface area (Å²) in [5, 5.41) is 9.46. The topological polar surface area (TPSA) is 48.7 Å². The molecule has 0 atom stereocenters. The van der Waals surface area contributed by atoms with E-state index in [9.17, 15) is 5.11 Å². The molecule has 0 spiro atoms. The summed E-state index contributed by atoms with van der Waals surface area (Å²) in [6.45, 7) is 6.12. The van der Waals surface area contributed by atoms with E-state index in [0.29, 0.717) is 11.7 Å². The predicted molar refractivity (Wildman–Crippen MR) is 47.6 cm³/mol. The maximum Gasteiger partial charge on any atom is 2.00 e. The molecule has 0 saturated carbocycles. The largest absolute Gasteiger partial charge is 2.00 e. The van der Waals surface area contributed by atoms with Gasteiger partial charge in [0.05, 0.1) is 0 Å². The van der Waals surface area contributed by atoms with Crippen molar-refractivity contribution in [3.8, 4) is 5.75 Å². The maximum atomic E-state index is 9.46. The van der Waals surface area contributed by atoms with E-state index in [-0.39, 0.29) is 25.0 Å². The van der Waals surface area contributed by atoms with Gasteiger partial charge in [-0.25, -0.2) is 0 Å². The number of phenolic OH excluding ortho intramolecular Hbond substituents is 1. The molecule has 0 aliphatic carbocycles. The zero-order valence-electron chi connectivity index (χ0n) is 8.37. The number of hydrogen-bond donors (Lipinski definition) is 1. The molecule has 13 heavy (non-hydrogen) atoms. The fourth-order valence-electron chi connectivity index (χ4n) is 1.14. The number of aryl methyl sites for hydroxylation is 1. The summed E-state index contributed by atoms with van der Waals surface area (Å²) >= 11 is 0. The van der Waals surface area contributed by atoms with Gasteiger partial charge in [-0.1, -0.05) is 26.0 Å². The third-order valence-corrected chi connectivity index (χ3v) is 1.81. The van der Waals surface area contributed by atoms with Crippen LogP contribution in [-0.4, -0.2) is 5.11 Å². The third kappa shape index (κ3) is 3.88. The fourth-order valence-corrected chi connectivity index (χ4v) is 1.14. The Bertz CT molecular complexity index is 259. The molecule has 2 nitrogen and oxygen atoms in total. The number of rotatable bonds is 1. The molecule has 0 aliphatic heterocycles. The van der Waals surface area contributed by atoms with Crippen LogP contribution in [0.4, 0.5) is 0 Å². The van der Waals surface area contributed by atoms with Crippen LogP contribution in [-0.2, 0) is 25.0 Å². The Morgan fingerprint density at radius 3 is 2.15 bits per heavy atom. The van der Waals surface area contributed by atoms with E-state index in [2.05, 4.69) is 13.8 Å². The van der Waals surface area contributed by atoms with Crippen LogP contribution in [0.15, 0.2) is 18.2 Å². The van der Waals surface area contributed by atoms with Crippen molar-refractivity contribution in [1.82, 2.24) is 0 Å². The minimum atomic E-state index is 0. The molecule has 0 saturated heterocycles. The molecule has 0 heterocycles. The third-order valence-electron chi connectivity index (χ3n) is 1.81. The standard InChI is InChI=1S/C10H14O.O.Zn/c1-7(2)9-5-4-8(3)6-10(9)11;;/h4-7,11H,1-3H3;;/q;-2;+2. The monoisotopic (exact) mass is 230 g/mol. The Hall–Kier alpha value is -0.397. The summed E-state index contributed by atoms with van der Waals surface area (Å²) < 4.78 is 0. The van der Waals surface area contributed by atoms with Crippen molar-refractivity contribution in [3.05, 3.63) is 29.3 Å². The normalized spacial score (nSPS) is 8.92. The Morgan fingerprint density at radius 1 is 1.23 bits per heavy atom. The first-order valence-electron chi connectivity index (χ1n) is 3.91. The Kier molecular flexibility index (Phi) is 7.10. The molecule has 1 aromatic carbocycles. The average molecular weight is 232 g/mol. The second-order valence-corrected chi connectivity index (χ2v) is 3.22. The van der Waals surface area contributed by atoms with Crippen LogP contribution in [0.5, 0.6) is 5.75 Å². The van der Waals surface area contributed by atoms with E-state index < -0.39 is 0 Å². The van der Waals surface area contributed by atoms with E-state index in [1.807, 2.05) is 19.1 Å². The molecule has 0 radical (unpaired) electrons. The van der Waals surface area contributed by atoms with Crippen molar-refractivity contribution in [2.75, 3.05) is 0 Å². The summed E-state index contributed by atoms with van der Waals surface area (Å²) in [5.74, 6) is 0.815. The Labute approximate surface area is 92.0 Å². The summed E-state index contributed by atoms with van der Waals surface area (Å²) in [7, 11) is 0. The number of benzene rings is 1. The molecular weight excluding hydrogens is 217 g/mol. The molecule has 68 valence electrons. The first kappa shape index (κ1) is 15.1. The smallest absolute Gasteiger partial charge is 2.00 e. The fraction of sp³-hybridized carbons (Fsp3) is 0.400. The molecule has 0 amide bonds. The van der Waals surface area contributed by atoms with Gasteiger partial charge in [0.15, 0.2) is 0 Å². The van der Waals surface area contributed by atoms with Crippen molar-refractivity contribution in [2.45, 2.75) is 26.7 Å². The Morgan fingerprint density at radius 2 is 1.77 bits per heavy atom. The SMILES string of the molecule is Cc1ccc(C(C)C)c(O)c1.[O-2].[Zn+2]. The van der Waals surface area contributed by atoms with Crippen LogP contribution >= 0.6 is 0 Å². The van der Waals surface area contributed by atoms with Crippen molar-refractivity contribution in [3.63, 3.8) is 0 Å². The van der Waals surface area contributed by atoms with Gasteiger partial charge in [-0.15, -0.1) is 0 Å². The molecule has 1 N–H and O–H groups in total. The summed E-state index contributed by atoms with van der Waals surface area (Å²) in [5.41, 5.74) is 2.13. The zero-order chi connectivity index (χ0) is 8.43. The Balaban J connectivity index is 0. The van der Waals surface area contributed by atoms with Gasteiger partial charge in [0.2, 0.25) is 0 Å². The first-order chi connectivity index (χ1) is 5.11. The molecule has 0 aromatic heterocycles. The summed E-state index contributed by atoms with van der Waals surface area (Å²) in [6, 6.07) is 5.81. The van der Waals surface area contributed by atoms with Gasteiger partial charge in [0, 0.05) is 0 Å². The second kappa shape index (κ2) is 6.12. The molecule has 0 fully saturated rings. The van der Waals surface area contributed by atoms with Crippen LogP contribution in [0.2, 0.25) is 0 Å². The van der Waals surface area contributed by atoms with Crippen molar-refractivity contribution >= 4 is 0 Å². The van der Waals surface area contributed by atoms with Crippen LogP contribution < -0.4 is 0 Å². The average Bonchev–Trinajstić information content (AvgIpc) is 1.85. The molecule has 0 bridgehead atoms. The zero-order valence-corrected chi connectivity index (χ0v) is 11.3. The number of hydrogen-bond acceptors (Lipinski definition) is 1. The molecule has 1 rings (SSSR count). The van der Waals surface area contributed by atoms with Crippen LogP contribution in [0.25, 0.3) is 0 Å². The number of aromatic hydroxyl groups is 1. The van der Waals surface area contributed by atoms with Gasteiger partial charge < -0.3 is 10.6 Å². The molecule has 0 aliphatic rings. The van der Waals surface area contributed by atoms with Gasteiger partial charge in [-0.3, -0.25) is 0 Å². The van der Waals surface area contributed by atoms with E-state index in [0.717, 1.165) is 11.1 Å². The van der Waals surface area contributed by atoms with Crippen LogP contribution in [0.1, 0.15) is 30.9 Å². The second-order valence-electron chi connectivity index (χ2n) is 3.22.